The van der Waals surface area contributed by atoms with Crippen molar-refractivity contribution in [3.63, 3.8) is 0 Å². The molecule has 0 aliphatic carbocycles. The fourth-order valence-corrected chi connectivity index (χ4v) is 2.29. The molecule has 1 aliphatic heterocycles. The molecule has 0 bridgehead atoms. The van der Waals surface area contributed by atoms with E-state index in [1.54, 1.807) is 17.0 Å². The maximum atomic E-state index is 12.1. The second-order valence-electron chi connectivity index (χ2n) is 4.87. The van der Waals surface area contributed by atoms with Gasteiger partial charge < -0.3 is 20.2 Å². The van der Waals surface area contributed by atoms with E-state index >= 15 is 0 Å². The predicted molar refractivity (Wildman–Crippen MR) is 77.0 cm³/mol. The van der Waals surface area contributed by atoms with Gasteiger partial charge in [-0.2, -0.15) is 0 Å². The third-order valence-corrected chi connectivity index (χ3v) is 3.37. The van der Waals surface area contributed by atoms with Crippen LogP contribution in [0.1, 0.15) is 6.42 Å². The van der Waals surface area contributed by atoms with Crippen molar-refractivity contribution in [3.05, 3.63) is 23.2 Å². The number of hydrogen-bond acceptors (Lipinski definition) is 3. The van der Waals surface area contributed by atoms with Crippen molar-refractivity contribution in [2.24, 2.45) is 0 Å². The standard InChI is InChI=1S/C13H18ClN3O2/c1-16(2)12-4-3-9(14)7-11(12)15-13(19)17-6-5-10(18)8-17/h3-4,7,10,18H,5-6,8H2,1-2H3,(H,15,19)/t10-/m1/s1. The van der Waals surface area contributed by atoms with Gasteiger partial charge in [0.1, 0.15) is 0 Å². The van der Waals surface area contributed by atoms with E-state index in [0.717, 1.165) is 5.69 Å². The van der Waals surface area contributed by atoms with Gasteiger partial charge in [0.15, 0.2) is 0 Å². The third kappa shape index (κ3) is 3.30. The highest BCUT2D eigenvalue weighted by atomic mass is 35.5. The molecular weight excluding hydrogens is 266 g/mol. The number of halogens is 1. The molecule has 1 atom stereocenters. The highest BCUT2D eigenvalue weighted by Crippen LogP contribution is 2.28. The first-order chi connectivity index (χ1) is 8.97. The molecule has 104 valence electrons. The van der Waals surface area contributed by atoms with Crippen LogP contribution in [0.5, 0.6) is 0 Å². The number of urea groups is 1. The molecule has 0 aromatic heterocycles. The zero-order valence-corrected chi connectivity index (χ0v) is 11.8. The van der Waals surface area contributed by atoms with Crippen LogP contribution >= 0.6 is 11.6 Å². The number of aliphatic hydroxyl groups is 1. The first-order valence-corrected chi connectivity index (χ1v) is 6.56. The molecule has 2 rings (SSSR count). The number of carbonyl (C=O) groups excluding carboxylic acids is 1. The lowest BCUT2D eigenvalue weighted by Crippen LogP contribution is -2.34. The van der Waals surface area contributed by atoms with Crippen LogP contribution in [0, 0.1) is 0 Å². The van der Waals surface area contributed by atoms with Crippen LogP contribution in [0.15, 0.2) is 18.2 Å². The van der Waals surface area contributed by atoms with Gasteiger partial charge in [-0.05, 0) is 24.6 Å². The number of nitrogens with zero attached hydrogens (tertiary/aromatic N) is 2. The summed E-state index contributed by atoms with van der Waals surface area (Å²) in [6.07, 6.45) is 0.210. The molecular formula is C13H18ClN3O2. The molecule has 1 aromatic rings. The largest absolute Gasteiger partial charge is 0.391 e. The lowest BCUT2D eigenvalue weighted by Gasteiger charge is -2.21. The van der Waals surface area contributed by atoms with Gasteiger partial charge in [0, 0.05) is 32.2 Å². The van der Waals surface area contributed by atoms with Crippen LogP contribution in [0.25, 0.3) is 0 Å². The minimum atomic E-state index is -0.418. The summed E-state index contributed by atoms with van der Waals surface area (Å²) in [4.78, 5) is 15.6. The minimum Gasteiger partial charge on any atom is -0.391 e. The molecule has 5 nitrogen and oxygen atoms in total. The number of β-amino-alcohol motifs (C(OH)–C–C–N with tert-alkyl or cyclic N) is 1. The summed E-state index contributed by atoms with van der Waals surface area (Å²) in [5, 5.41) is 12.9. The van der Waals surface area contributed by atoms with E-state index in [0.29, 0.717) is 30.2 Å². The van der Waals surface area contributed by atoms with Crippen LogP contribution in [-0.4, -0.2) is 49.3 Å². The molecule has 0 radical (unpaired) electrons. The van der Waals surface area contributed by atoms with E-state index in [9.17, 15) is 9.90 Å². The Morgan fingerprint density at radius 2 is 2.26 bits per heavy atom. The molecule has 6 heteroatoms. The van der Waals surface area contributed by atoms with Crippen molar-refractivity contribution < 1.29 is 9.90 Å². The Bertz CT molecular complexity index is 479. The normalized spacial score (nSPS) is 18.5. The average Bonchev–Trinajstić information content (AvgIpc) is 2.75. The monoisotopic (exact) mass is 283 g/mol. The van der Waals surface area contributed by atoms with E-state index in [1.165, 1.54) is 0 Å². The fraction of sp³-hybridized carbons (Fsp3) is 0.462. The second-order valence-corrected chi connectivity index (χ2v) is 5.31. The Hall–Kier alpha value is -1.46. The zero-order chi connectivity index (χ0) is 14.0. The number of nitrogens with one attached hydrogen (secondary N) is 1. The van der Waals surface area contributed by atoms with Crippen molar-refractivity contribution in [2.45, 2.75) is 12.5 Å². The first kappa shape index (κ1) is 14.0. The highest BCUT2D eigenvalue weighted by Gasteiger charge is 2.25. The van der Waals surface area contributed by atoms with Crippen LogP contribution in [-0.2, 0) is 0 Å². The first-order valence-electron chi connectivity index (χ1n) is 6.18. The molecule has 1 fully saturated rings. The van der Waals surface area contributed by atoms with Gasteiger partial charge in [0.2, 0.25) is 0 Å². The minimum absolute atomic E-state index is 0.207. The molecule has 1 aromatic carbocycles. The number of aliphatic hydroxyl groups excluding tert-OH is 1. The summed E-state index contributed by atoms with van der Waals surface area (Å²) in [6, 6.07) is 5.16. The summed E-state index contributed by atoms with van der Waals surface area (Å²) in [7, 11) is 3.80. The van der Waals surface area contributed by atoms with E-state index < -0.39 is 6.10 Å². The summed E-state index contributed by atoms with van der Waals surface area (Å²) < 4.78 is 0. The summed E-state index contributed by atoms with van der Waals surface area (Å²) in [5.74, 6) is 0. The Morgan fingerprint density at radius 1 is 1.53 bits per heavy atom. The number of carbonyl (C=O) groups is 1. The van der Waals surface area contributed by atoms with Crippen molar-refractivity contribution in [3.8, 4) is 0 Å². The maximum Gasteiger partial charge on any atom is 0.321 e. The molecule has 0 spiro atoms. The van der Waals surface area contributed by atoms with Crippen molar-refractivity contribution in [1.29, 1.82) is 0 Å². The van der Waals surface area contributed by atoms with Gasteiger partial charge >= 0.3 is 6.03 Å². The molecule has 19 heavy (non-hydrogen) atoms. The number of hydrogen-bond donors (Lipinski definition) is 2. The van der Waals surface area contributed by atoms with Crippen LogP contribution in [0.2, 0.25) is 5.02 Å². The van der Waals surface area contributed by atoms with E-state index in [2.05, 4.69) is 5.32 Å². The fourth-order valence-electron chi connectivity index (χ4n) is 2.12. The Kier molecular flexibility index (Phi) is 4.17. The van der Waals surface area contributed by atoms with Crippen molar-refractivity contribution in [2.75, 3.05) is 37.4 Å². The lowest BCUT2D eigenvalue weighted by molar-refractivity contribution is 0.176. The maximum absolute atomic E-state index is 12.1. The topological polar surface area (TPSA) is 55.8 Å². The number of rotatable bonds is 2. The van der Waals surface area contributed by atoms with Gasteiger partial charge in [-0.3, -0.25) is 0 Å². The quantitative estimate of drug-likeness (QED) is 0.873. The molecule has 1 saturated heterocycles. The van der Waals surface area contributed by atoms with E-state index in [-0.39, 0.29) is 6.03 Å². The van der Waals surface area contributed by atoms with Gasteiger partial charge in [-0.15, -0.1) is 0 Å². The van der Waals surface area contributed by atoms with Gasteiger partial charge in [-0.1, -0.05) is 11.6 Å². The Morgan fingerprint density at radius 3 is 2.84 bits per heavy atom. The lowest BCUT2D eigenvalue weighted by atomic mass is 10.2. The number of likely N-dealkylation sites (tertiary alicyclic amines) is 1. The molecule has 2 amide bonds. The molecule has 1 aliphatic rings. The Balaban J connectivity index is 2.14. The second kappa shape index (κ2) is 5.67. The van der Waals surface area contributed by atoms with Gasteiger partial charge in [0.05, 0.1) is 17.5 Å². The summed E-state index contributed by atoms with van der Waals surface area (Å²) in [5.41, 5.74) is 1.56. The smallest absolute Gasteiger partial charge is 0.321 e. The zero-order valence-electron chi connectivity index (χ0n) is 11.1. The SMILES string of the molecule is CN(C)c1ccc(Cl)cc1NC(=O)N1CC[C@@H](O)C1. The average molecular weight is 284 g/mol. The number of anilines is 2. The molecule has 2 N–H and O–H groups in total. The third-order valence-electron chi connectivity index (χ3n) is 3.13. The number of amides is 2. The van der Waals surface area contributed by atoms with Gasteiger partial charge in [-0.25, -0.2) is 4.79 Å². The Labute approximate surface area is 117 Å². The van der Waals surface area contributed by atoms with Crippen LogP contribution in [0.3, 0.4) is 0 Å². The van der Waals surface area contributed by atoms with Crippen LogP contribution < -0.4 is 10.2 Å². The van der Waals surface area contributed by atoms with Crippen LogP contribution in [0.4, 0.5) is 16.2 Å². The summed E-state index contributed by atoms with van der Waals surface area (Å²) in [6.45, 7) is 0.953. The molecule has 0 saturated carbocycles. The van der Waals surface area contributed by atoms with E-state index in [4.69, 9.17) is 11.6 Å². The molecule has 1 heterocycles. The van der Waals surface area contributed by atoms with Crippen molar-refractivity contribution >= 4 is 29.0 Å². The predicted octanol–water partition coefficient (Wildman–Crippen LogP) is 2.00. The van der Waals surface area contributed by atoms with E-state index in [1.807, 2.05) is 25.1 Å². The highest BCUT2D eigenvalue weighted by molar-refractivity contribution is 6.31. The van der Waals surface area contributed by atoms with Gasteiger partial charge in [0.25, 0.3) is 0 Å². The van der Waals surface area contributed by atoms with Crippen molar-refractivity contribution in [1.82, 2.24) is 4.90 Å². The molecule has 0 unspecified atom stereocenters. The number of benzene rings is 1. The summed E-state index contributed by atoms with van der Waals surface area (Å²) >= 11 is 5.96.